The number of rotatable bonds is 5. The summed E-state index contributed by atoms with van der Waals surface area (Å²) >= 11 is 0. The number of ketones is 1. The first-order valence-corrected chi connectivity index (χ1v) is 9.91. The van der Waals surface area contributed by atoms with E-state index in [-0.39, 0.29) is 23.9 Å². The van der Waals surface area contributed by atoms with E-state index in [1.54, 1.807) is 0 Å². The summed E-state index contributed by atoms with van der Waals surface area (Å²) in [5.41, 5.74) is 3.99. The normalized spacial score (nSPS) is 29.5. The first-order valence-electron chi connectivity index (χ1n) is 9.91. The molecule has 2 aromatic rings. The predicted octanol–water partition coefficient (Wildman–Crippen LogP) is 3.28. The van der Waals surface area contributed by atoms with Gasteiger partial charge in [0.05, 0.1) is 0 Å². The average Bonchev–Trinajstić information content (AvgIpc) is 3.05. The molecular formula is C22H30N2O2. The molecule has 0 spiro atoms. The first kappa shape index (κ1) is 17.7. The van der Waals surface area contributed by atoms with Crippen LogP contribution in [-0.2, 0) is 16.6 Å². The van der Waals surface area contributed by atoms with Crippen LogP contribution in [0.5, 0.6) is 0 Å². The second-order valence-electron chi connectivity index (χ2n) is 8.65. The lowest BCUT2D eigenvalue weighted by Crippen LogP contribution is -2.58. The molecule has 1 aliphatic carbocycles. The highest BCUT2D eigenvalue weighted by Crippen LogP contribution is 2.48. The van der Waals surface area contributed by atoms with E-state index < -0.39 is 0 Å². The molecule has 1 fully saturated rings. The number of nitrogens with one attached hydrogen (secondary N) is 1. The quantitative estimate of drug-likeness (QED) is 0.866. The number of carbonyl (C=O) groups excluding carboxylic acids is 1. The number of piperidine rings is 1. The SMILES string of the molecule is CCC(CO)CC(=O)C1CN(C)[C@@H]2Cc3c[nH]c4cccc(c34)[C@@]2(C)C1. The van der Waals surface area contributed by atoms with Crippen LogP contribution in [0.3, 0.4) is 0 Å². The Morgan fingerprint density at radius 2 is 2.27 bits per heavy atom. The van der Waals surface area contributed by atoms with E-state index in [2.05, 4.69) is 48.3 Å². The number of aromatic amines is 1. The molecule has 4 nitrogen and oxygen atoms in total. The van der Waals surface area contributed by atoms with E-state index in [9.17, 15) is 9.90 Å². The van der Waals surface area contributed by atoms with Crippen LogP contribution in [0.25, 0.3) is 10.9 Å². The first-order chi connectivity index (χ1) is 12.5. The van der Waals surface area contributed by atoms with Crippen molar-refractivity contribution in [1.82, 2.24) is 9.88 Å². The maximum Gasteiger partial charge on any atom is 0.137 e. The van der Waals surface area contributed by atoms with Gasteiger partial charge in [0.2, 0.25) is 0 Å². The number of nitrogens with zero attached hydrogens (tertiary/aromatic N) is 1. The number of aliphatic hydroxyl groups is 1. The second-order valence-corrected chi connectivity index (χ2v) is 8.65. The summed E-state index contributed by atoms with van der Waals surface area (Å²) in [6, 6.07) is 6.97. The Morgan fingerprint density at radius 1 is 1.46 bits per heavy atom. The van der Waals surface area contributed by atoms with Crippen LogP contribution in [0.2, 0.25) is 0 Å². The number of carbonyl (C=O) groups is 1. The number of fused-ring (bicyclic) bond motifs is 2. The van der Waals surface area contributed by atoms with E-state index in [0.29, 0.717) is 18.2 Å². The number of hydrogen-bond donors (Lipinski definition) is 2. The third-order valence-corrected chi connectivity index (χ3v) is 7.04. The lowest BCUT2D eigenvalue weighted by molar-refractivity contribution is -0.127. The van der Waals surface area contributed by atoms with Crippen molar-refractivity contribution >= 4 is 16.7 Å². The number of benzene rings is 1. The highest BCUT2D eigenvalue weighted by atomic mass is 16.3. The zero-order valence-corrected chi connectivity index (χ0v) is 16.1. The minimum Gasteiger partial charge on any atom is -0.396 e. The Morgan fingerprint density at radius 3 is 3.00 bits per heavy atom. The number of hydrogen-bond acceptors (Lipinski definition) is 3. The Kier molecular flexibility index (Phi) is 4.44. The number of aromatic nitrogens is 1. The lowest BCUT2D eigenvalue weighted by Gasteiger charge is -2.52. The smallest absolute Gasteiger partial charge is 0.137 e. The summed E-state index contributed by atoms with van der Waals surface area (Å²) in [6.45, 7) is 5.34. The summed E-state index contributed by atoms with van der Waals surface area (Å²) in [6.07, 6.45) is 5.47. The molecule has 2 heterocycles. The van der Waals surface area contributed by atoms with Gasteiger partial charge in [-0.15, -0.1) is 0 Å². The Hall–Kier alpha value is -1.65. The third-order valence-electron chi connectivity index (χ3n) is 7.04. The van der Waals surface area contributed by atoms with Crippen LogP contribution in [0, 0.1) is 11.8 Å². The topological polar surface area (TPSA) is 56.3 Å². The van der Waals surface area contributed by atoms with E-state index in [1.165, 1.54) is 22.0 Å². The van der Waals surface area contributed by atoms with Gasteiger partial charge in [0, 0.05) is 54.0 Å². The van der Waals surface area contributed by atoms with Gasteiger partial charge in [-0.25, -0.2) is 0 Å². The third kappa shape index (κ3) is 2.62. The number of Topliss-reactive ketones (excluding diaryl/α,β-unsaturated/α-hetero) is 1. The van der Waals surface area contributed by atoms with Crippen molar-refractivity contribution in [3.05, 3.63) is 35.5 Å². The fourth-order valence-corrected chi connectivity index (χ4v) is 5.45. The molecule has 1 saturated heterocycles. The molecule has 4 atom stereocenters. The number of aliphatic hydroxyl groups excluding tert-OH is 1. The summed E-state index contributed by atoms with van der Waals surface area (Å²) in [5, 5.41) is 10.9. The van der Waals surface area contributed by atoms with Crippen molar-refractivity contribution in [2.24, 2.45) is 11.8 Å². The van der Waals surface area contributed by atoms with Crippen molar-refractivity contribution in [1.29, 1.82) is 0 Å². The number of likely N-dealkylation sites (N-methyl/N-ethyl adjacent to an activating group) is 1. The van der Waals surface area contributed by atoms with Crippen molar-refractivity contribution in [2.45, 2.75) is 51.0 Å². The van der Waals surface area contributed by atoms with Gasteiger partial charge < -0.3 is 15.0 Å². The Labute approximate surface area is 155 Å². The van der Waals surface area contributed by atoms with Crippen molar-refractivity contribution < 1.29 is 9.90 Å². The standard InChI is InChI=1S/C22H30N2O2/c1-4-14(13-25)8-19(26)16-10-22(2)17-6-5-7-18-21(17)15(11-23-18)9-20(22)24(3)12-16/h5-7,11,14,16,20,23,25H,4,8-10,12-13H2,1-3H3/t14?,16?,20-,22-/m1/s1. The van der Waals surface area contributed by atoms with Gasteiger partial charge in [0.15, 0.2) is 0 Å². The van der Waals surface area contributed by atoms with Crippen molar-refractivity contribution in [2.75, 3.05) is 20.2 Å². The summed E-state index contributed by atoms with van der Waals surface area (Å²) in [5.74, 6) is 0.478. The van der Waals surface area contributed by atoms with Gasteiger partial charge in [-0.1, -0.05) is 32.4 Å². The van der Waals surface area contributed by atoms with Gasteiger partial charge in [-0.3, -0.25) is 4.79 Å². The van der Waals surface area contributed by atoms with Crippen LogP contribution in [0.1, 0.15) is 44.2 Å². The molecule has 0 saturated carbocycles. The van der Waals surface area contributed by atoms with Crippen molar-refractivity contribution in [3.63, 3.8) is 0 Å². The van der Waals surface area contributed by atoms with Crippen molar-refractivity contribution in [3.8, 4) is 0 Å². The summed E-state index contributed by atoms with van der Waals surface area (Å²) in [7, 11) is 2.17. The molecular weight excluding hydrogens is 324 g/mol. The monoisotopic (exact) mass is 354 g/mol. The maximum atomic E-state index is 13.0. The molecule has 140 valence electrons. The Balaban J connectivity index is 1.68. The summed E-state index contributed by atoms with van der Waals surface area (Å²) in [4.78, 5) is 18.8. The van der Waals surface area contributed by atoms with Crippen LogP contribution < -0.4 is 0 Å². The zero-order chi connectivity index (χ0) is 18.5. The molecule has 0 bridgehead atoms. The molecule has 1 aliphatic heterocycles. The molecule has 2 N–H and O–H groups in total. The molecule has 4 heteroatoms. The number of H-pyrrole nitrogens is 1. The molecule has 4 rings (SSSR count). The molecule has 1 aromatic carbocycles. The molecule has 2 aliphatic rings. The van der Waals surface area contributed by atoms with Gasteiger partial charge in [-0.2, -0.15) is 0 Å². The van der Waals surface area contributed by atoms with Gasteiger partial charge in [0.1, 0.15) is 5.78 Å². The lowest BCUT2D eigenvalue weighted by atomic mass is 9.61. The Bertz CT molecular complexity index is 823. The maximum absolute atomic E-state index is 13.0. The van der Waals surface area contributed by atoms with E-state index in [1.807, 2.05) is 6.92 Å². The molecule has 0 amide bonds. The minimum absolute atomic E-state index is 0.0110. The van der Waals surface area contributed by atoms with Crippen LogP contribution in [0.15, 0.2) is 24.4 Å². The molecule has 2 unspecified atom stereocenters. The van der Waals surface area contributed by atoms with Crippen LogP contribution >= 0.6 is 0 Å². The van der Waals surface area contributed by atoms with E-state index >= 15 is 0 Å². The second kappa shape index (κ2) is 6.50. The molecule has 26 heavy (non-hydrogen) atoms. The van der Waals surface area contributed by atoms with Crippen LogP contribution in [0.4, 0.5) is 0 Å². The minimum atomic E-state index is -0.0110. The zero-order valence-electron chi connectivity index (χ0n) is 16.1. The van der Waals surface area contributed by atoms with Gasteiger partial charge in [0.25, 0.3) is 0 Å². The fraction of sp³-hybridized carbons (Fsp3) is 0.591. The number of likely N-dealkylation sites (tertiary alicyclic amines) is 1. The van der Waals surface area contributed by atoms with Gasteiger partial charge in [-0.05, 0) is 43.0 Å². The highest BCUT2D eigenvalue weighted by Gasteiger charge is 2.49. The predicted molar refractivity (Wildman–Crippen MR) is 104 cm³/mol. The molecule has 1 aromatic heterocycles. The largest absolute Gasteiger partial charge is 0.396 e. The van der Waals surface area contributed by atoms with Gasteiger partial charge >= 0.3 is 0 Å². The van der Waals surface area contributed by atoms with E-state index in [4.69, 9.17) is 0 Å². The highest BCUT2D eigenvalue weighted by molar-refractivity contribution is 5.89. The van der Waals surface area contributed by atoms with Crippen LogP contribution in [-0.4, -0.2) is 47.0 Å². The average molecular weight is 354 g/mol. The summed E-state index contributed by atoms with van der Waals surface area (Å²) < 4.78 is 0. The molecule has 0 radical (unpaired) electrons. The van der Waals surface area contributed by atoms with E-state index in [0.717, 1.165) is 25.8 Å². The fourth-order valence-electron chi connectivity index (χ4n) is 5.45.